The number of aromatic amines is 1. The summed E-state index contributed by atoms with van der Waals surface area (Å²) in [6, 6.07) is 21.7. The molecule has 3 heteroatoms. The fourth-order valence-electron chi connectivity index (χ4n) is 3.59. The van der Waals surface area contributed by atoms with Gasteiger partial charge in [-0.15, -0.1) is 0 Å². The minimum atomic E-state index is 0.910. The zero-order valence-electron chi connectivity index (χ0n) is 14.0. The van der Waals surface area contributed by atoms with Gasteiger partial charge < -0.3 is 10.7 Å². The van der Waals surface area contributed by atoms with E-state index in [-0.39, 0.29) is 0 Å². The van der Waals surface area contributed by atoms with Crippen molar-refractivity contribution < 1.29 is 0 Å². The highest BCUT2D eigenvalue weighted by molar-refractivity contribution is 7.99. The first kappa shape index (κ1) is 14.7. The molecule has 0 spiro atoms. The molecule has 2 heterocycles. The van der Waals surface area contributed by atoms with E-state index in [9.17, 15) is 0 Å². The molecule has 2 nitrogen and oxygen atoms in total. The smallest absolute Gasteiger partial charge is 0.0465 e. The molecule has 0 aliphatic carbocycles. The van der Waals surface area contributed by atoms with Crippen LogP contribution in [-0.2, 0) is 6.42 Å². The third-order valence-electron chi connectivity index (χ3n) is 4.88. The van der Waals surface area contributed by atoms with E-state index < -0.39 is 0 Å². The maximum absolute atomic E-state index is 6.25. The van der Waals surface area contributed by atoms with Crippen molar-refractivity contribution in [3.8, 4) is 11.3 Å². The minimum absolute atomic E-state index is 0.910. The summed E-state index contributed by atoms with van der Waals surface area (Å²) in [4.78, 5) is 6.14. The zero-order valence-corrected chi connectivity index (χ0v) is 14.8. The normalized spacial score (nSPS) is 12.8. The Bertz CT molecular complexity index is 1090. The second-order valence-corrected chi connectivity index (χ2v) is 7.79. The lowest BCUT2D eigenvalue weighted by Gasteiger charge is -2.21. The molecule has 0 fully saturated rings. The molecule has 4 aromatic rings. The summed E-state index contributed by atoms with van der Waals surface area (Å²) in [6.45, 7) is 2.10. The average molecular weight is 342 g/mol. The summed E-state index contributed by atoms with van der Waals surface area (Å²) in [5.41, 5.74) is 14.6. The molecule has 0 radical (unpaired) electrons. The summed E-state index contributed by atoms with van der Waals surface area (Å²) >= 11 is 1.83. The summed E-state index contributed by atoms with van der Waals surface area (Å²) in [5.74, 6) is 0. The SMILES string of the molecule is Cc1cc(N)c2c(c1)Sc1cc(-c3cc4ccccc4[nH]3)ccc1C2. The lowest BCUT2D eigenvalue weighted by molar-refractivity contribution is 1.05. The number of para-hydroxylation sites is 1. The van der Waals surface area contributed by atoms with E-state index in [4.69, 9.17) is 5.73 Å². The van der Waals surface area contributed by atoms with Gasteiger partial charge in [0.05, 0.1) is 0 Å². The Morgan fingerprint density at radius 3 is 2.72 bits per heavy atom. The van der Waals surface area contributed by atoms with Crippen LogP contribution in [0.4, 0.5) is 5.69 Å². The standard InChI is InChI=1S/C22H18N2S/c1-13-8-18(23)17-10-16-7-6-15(12-21(16)25-22(17)9-13)20-11-14-4-2-3-5-19(14)24-20/h2-9,11-12,24H,10,23H2,1H3. The third kappa shape index (κ3) is 2.43. The van der Waals surface area contributed by atoms with Crippen molar-refractivity contribution in [1.82, 2.24) is 4.98 Å². The lowest BCUT2D eigenvalue weighted by atomic mass is 9.99. The quantitative estimate of drug-likeness (QED) is 0.379. The van der Waals surface area contributed by atoms with E-state index in [1.165, 1.54) is 48.6 Å². The number of fused-ring (bicyclic) bond motifs is 3. The highest BCUT2D eigenvalue weighted by Crippen LogP contribution is 2.43. The number of aryl methyl sites for hydroxylation is 1. The first-order valence-electron chi connectivity index (χ1n) is 8.45. The Labute approximate surface area is 151 Å². The number of hydrogen-bond acceptors (Lipinski definition) is 2. The van der Waals surface area contributed by atoms with Crippen molar-refractivity contribution in [2.24, 2.45) is 0 Å². The van der Waals surface area contributed by atoms with Crippen molar-refractivity contribution in [2.75, 3.05) is 5.73 Å². The molecular formula is C22H18N2S. The molecule has 25 heavy (non-hydrogen) atoms. The minimum Gasteiger partial charge on any atom is -0.398 e. The molecule has 0 amide bonds. The zero-order chi connectivity index (χ0) is 17.0. The van der Waals surface area contributed by atoms with Crippen LogP contribution in [-0.4, -0.2) is 4.98 Å². The van der Waals surface area contributed by atoms with Gasteiger partial charge in [0.25, 0.3) is 0 Å². The Balaban J connectivity index is 1.58. The molecular weight excluding hydrogens is 324 g/mol. The first-order valence-corrected chi connectivity index (χ1v) is 9.27. The van der Waals surface area contributed by atoms with Crippen molar-refractivity contribution >= 4 is 28.4 Å². The Kier molecular flexibility index (Phi) is 3.19. The topological polar surface area (TPSA) is 41.8 Å². The number of aromatic nitrogens is 1. The Hall–Kier alpha value is -2.65. The summed E-state index contributed by atoms with van der Waals surface area (Å²) in [5, 5.41) is 1.25. The molecule has 0 saturated carbocycles. The van der Waals surface area contributed by atoms with Crippen molar-refractivity contribution in [3.05, 3.63) is 77.4 Å². The number of benzene rings is 3. The van der Waals surface area contributed by atoms with E-state index in [1.807, 2.05) is 11.8 Å². The van der Waals surface area contributed by atoms with E-state index in [2.05, 4.69) is 72.6 Å². The van der Waals surface area contributed by atoms with Crippen LogP contribution in [0.15, 0.2) is 70.5 Å². The van der Waals surface area contributed by atoms with Crippen molar-refractivity contribution in [1.29, 1.82) is 0 Å². The van der Waals surface area contributed by atoms with Gasteiger partial charge >= 0.3 is 0 Å². The predicted molar refractivity (Wildman–Crippen MR) is 106 cm³/mol. The van der Waals surface area contributed by atoms with Crippen LogP contribution in [0.3, 0.4) is 0 Å². The molecule has 122 valence electrons. The van der Waals surface area contributed by atoms with Crippen molar-refractivity contribution in [3.63, 3.8) is 0 Å². The summed E-state index contributed by atoms with van der Waals surface area (Å²) in [6.07, 6.45) is 0.913. The third-order valence-corrected chi connectivity index (χ3v) is 6.07. The lowest BCUT2D eigenvalue weighted by Crippen LogP contribution is -2.04. The average Bonchev–Trinajstić information content (AvgIpc) is 3.04. The fourth-order valence-corrected chi connectivity index (χ4v) is 4.84. The van der Waals surface area contributed by atoms with E-state index in [1.54, 1.807) is 0 Å². The van der Waals surface area contributed by atoms with E-state index in [0.717, 1.165) is 12.1 Å². The van der Waals surface area contributed by atoms with Gasteiger partial charge in [0, 0.05) is 38.5 Å². The number of rotatable bonds is 1. The van der Waals surface area contributed by atoms with Gasteiger partial charge in [0.15, 0.2) is 0 Å². The van der Waals surface area contributed by atoms with Crippen LogP contribution in [0.25, 0.3) is 22.2 Å². The van der Waals surface area contributed by atoms with Gasteiger partial charge in [-0.05, 0) is 59.5 Å². The van der Waals surface area contributed by atoms with E-state index in [0.29, 0.717) is 0 Å². The molecule has 0 unspecified atom stereocenters. The molecule has 1 aromatic heterocycles. The van der Waals surface area contributed by atoms with Gasteiger partial charge in [-0.1, -0.05) is 42.1 Å². The highest BCUT2D eigenvalue weighted by atomic mass is 32.2. The van der Waals surface area contributed by atoms with Crippen molar-refractivity contribution in [2.45, 2.75) is 23.1 Å². The first-order chi connectivity index (χ1) is 12.2. The number of nitrogen functional groups attached to an aromatic ring is 1. The Morgan fingerprint density at radius 2 is 1.84 bits per heavy atom. The maximum Gasteiger partial charge on any atom is 0.0465 e. The van der Waals surface area contributed by atoms with Gasteiger partial charge in [0.1, 0.15) is 0 Å². The second kappa shape index (κ2) is 5.43. The summed E-state index contributed by atoms with van der Waals surface area (Å²) in [7, 11) is 0. The van der Waals surface area contributed by atoms with Gasteiger partial charge in [-0.3, -0.25) is 0 Å². The van der Waals surface area contributed by atoms with Crippen LogP contribution in [0, 0.1) is 6.92 Å². The van der Waals surface area contributed by atoms with Gasteiger partial charge in [0.2, 0.25) is 0 Å². The maximum atomic E-state index is 6.25. The Morgan fingerprint density at radius 1 is 0.960 bits per heavy atom. The second-order valence-electron chi connectivity index (χ2n) is 6.70. The van der Waals surface area contributed by atoms with Crippen LogP contribution in [0.2, 0.25) is 0 Å². The number of nitrogens with one attached hydrogen (secondary N) is 1. The molecule has 1 aliphatic heterocycles. The van der Waals surface area contributed by atoms with Gasteiger partial charge in [-0.2, -0.15) is 0 Å². The van der Waals surface area contributed by atoms with Crippen LogP contribution >= 0.6 is 11.8 Å². The molecule has 0 saturated heterocycles. The fraction of sp³-hybridized carbons (Fsp3) is 0.0909. The van der Waals surface area contributed by atoms with Gasteiger partial charge in [-0.25, -0.2) is 0 Å². The monoisotopic (exact) mass is 342 g/mol. The summed E-state index contributed by atoms with van der Waals surface area (Å²) < 4.78 is 0. The van der Waals surface area contributed by atoms with Crippen LogP contribution in [0.1, 0.15) is 16.7 Å². The van der Waals surface area contributed by atoms with E-state index >= 15 is 0 Å². The van der Waals surface area contributed by atoms with Crippen LogP contribution in [0.5, 0.6) is 0 Å². The number of nitrogens with two attached hydrogens (primary N) is 1. The molecule has 0 bridgehead atoms. The number of H-pyrrole nitrogens is 1. The largest absolute Gasteiger partial charge is 0.398 e. The molecule has 0 atom stereocenters. The molecule has 3 N–H and O–H groups in total. The molecule has 3 aromatic carbocycles. The highest BCUT2D eigenvalue weighted by Gasteiger charge is 2.19. The predicted octanol–water partition coefficient (Wildman–Crippen LogP) is 5.78. The number of anilines is 1. The van der Waals surface area contributed by atoms with Crippen LogP contribution < -0.4 is 5.73 Å². The number of hydrogen-bond donors (Lipinski definition) is 2. The molecule has 5 rings (SSSR count). The molecule has 1 aliphatic rings.